The van der Waals surface area contributed by atoms with E-state index < -0.39 is 16.7 Å². The van der Waals surface area contributed by atoms with E-state index in [1.54, 1.807) is 7.05 Å². The van der Waals surface area contributed by atoms with E-state index in [0.717, 1.165) is 6.07 Å². The summed E-state index contributed by atoms with van der Waals surface area (Å²) in [4.78, 5) is 15.9. The summed E-state index contributed by atoms with van der Waals surface area (Å²) in [6, 6.07) is 10.7. The van der Waals surface area contributed by atoms with Crippen LogP contribution in [-0.2, 0) is 6.18 Å². The molecule has 1 heterocycles. The number of nitro groups is 1. The van der Waals surface area contributed by atoms with Gasteiger partial charge in [0.2, 0.25) is 0 Å². The summed E-state index contributed by atoms with van der Waals surface area (Å²) < 4.78 is 45.7. The summed E-state index contributed by atoms with van der Waals surface area (Å²) in [6.45, 7) is 0. The number of rotatable bonds is 4. The molecule has 0 bridgehead atoms. The Balaban J connectivity index is 2.12. The first-order valence-corrected chi connectivity index (χ1v) is 7.75. The van der Waals surface area contributed by atoms with Crippen molar-refractivity contribution in [2.75, 3.05) is 19.1 Å². The Hall–Kier alpha value is -3.36. The summed E-state index contributed by atoms with van der Waals surface area (Å²) in [5, 5.41) is 10.7. The Morgan fingerprint density at radius 2 is 1.78 bits per heavy atom. The SMILES string of the molecule is COc1ccc2nc(N(C)c3ccc([N+](=O)[O-])cc3)cc(C(F)(F)F)c2c1. The van der Waals surface area contributed by atoms with Gasteiger partial charge in [-0.1, -0.05) is 0 Å². The molecule has 0 saturated heterocycles. The predicted molar refractivity (Wildman–Crippen MR) is 94.5 cm³/mol. The van der Waals surface area contributed by atoms with Gasteiger partial charge in [0.05, 0.1) is 23.1 Å². The summed E-state index contributed by atoms with van der Waals surface area (Å²) in [5.41, 5.74) is -0.319. The van der Waals surface area contributed by atoms with E-state index in [4.69, 9.17) is 4.74 Å². The van der Waals surface area contributed by atoms with Crippen LogP contribution in [0.3, 0.4) is 0 Å². The molecule has 140 valence electrons. The van der Waals surface area contributed by atoms with Gasteiger partial charge < -0.3 is 9.64 Å². The van der Waals surface area contributed by atoms with Crippen molar-refractivity contribution in [2.45, 2.75) is 6.18 Å². The Bertz CT molecular complexity index is 1000. The molecule has 0 aliphatic heterocycles. The fourth-order valence-electron chi connectivity index (χ4n) is 2.65. The molecule has 6 nitrogen and oxygen atoms in total. The van der Waals surface area contributed by atoms with Gasteiger partial charge >= 0.3 is 6.18 Å². The molecular formula is C18H14F3N3O3. The lowest BCUT2D eigenvalue weighted by Crippen LogP contribution is -2.14. The van der Waals surface area contributed by atoms with Gasteiger partial charge in [-0.2, -0.15) is 13.2 Å². The number of anilines is 2. The molecule has 0 fully saturated rings. The van der Waals surface area contributed by atoms with Crippen LogP contribution < -0.4 is 9.64 Å². The van der Waals surface area contributed by atoms with Gasteiger partial charge in [0.25, 0.3) is 5.69 Å². The number of hydrogen-bond donors (Lipinski definition) is 0. The average molecular weight is 377 g/mol. The highest BCUT2D eigenvalue weighted by molar-refractivity contribution is 5.86. The molecular weight excluding hydrogens is 363 g/mol. The lowest BCUT2D eigenvalue weighted by molar-refractivity contribution is -0.384. The number of halogens is 3. The maximum Gasteiger partial charge on any atom is 0.417 e. The number of hydrogen-bond acceptors (Lipinski definition) is 5. The van der Waals surface area contributed by atoms with Crippen LogP contribution in [-0.4, -0.2) is 24.1 Å². The third kappa shape index (κ3) is 3.62. The molecule has 0 unspecified atom stereocenters. The average Bonchev–Trinajstić information content (AvgIpc) is 2.65. The van der Waals surface area contributed by atoms with Gasteiger partial charge in [0, 0.05) is 30.3 Å². The number of fused-ring (bicyclic) bond motifs is 1. The second-order valence-corrected chi connectivity index (χ2v) is 5.74. The molecule has 0 aliphatic rings. The fourth-order valence-corrected chi connectivity index (χ4v) is 2.65. The van der Waals surface area contributed by atoms with E-state index in [0.29, 0.717) is 11.4 Å². The fraction of sp³-hybridized carbons (Fsp3) is 0.167. The highest BCUT2D eigenvalue weighted by Crippen LogP contribution is 2.38. The monoisotopic (exact) mass is 377 g/mol. The zero-order valence-corrected chi connectivity index (χ0v) is 14.3. The zero-order valence-electron chi connectivity index (χ0n) is 14.3. The van der Waals surface area contributed by atoms with Crippen molar-refractivity contribution in [2.24, 2.45) is 0 Å². The van der Waals surface area contributed by atoms with E-state index in [2.05, 4.69) is 4.98 Å². The molecule has 3 aromatic rings. The minimum absolute atomic E-state index is 0.0637. The van der Waals surface area contributed by atoms with E-state index >= 15 is 0 Å². The minimum Gasteiger partial charge on any atom is -0.497 e. The van der Waals surface area contributed by atoms with E-state index in [9.17, 15) is 23.3 Å². The third-order valence-corrected chi connectivity index (χ3v) is 4.10. The maximum absolute atomic E-state index is 13.6. The molecule has 0 atom stereocenters. The number of methoxy groups -OCH3 is 1. The number of ether oxygens (including phenoxy) is 1. The summed E-state index contributed by atoms with van der Waals surface area (Å²) in [6.07, 6.45) is -4.58. The zero-order chi connectivity index (χ0) is 19.8. The number of non-ortho nitro benzene ring substituents is 1. The van der Waals surface area contributed by atoms with Crippen LogP contribution in [0.2, 0.25) is 0 Å². The van der Waals surface area contributed by atoms with Gasteiger partial charge in [-0.3, -0.25) is 10.1 Å². The van der Waals surface area contributed by atoms with Crippen molar-refractivity contribution in [1.29, 1.82) is 0 Å². The molecule has 0 amide bonds. The smallest absolute Gasteiger partial charge is 0.417 e. The first kappa shape index (κ1) is 18.4. The standard InChI is InChI=1S/C18H14F3N3O3/c1-23(11-3-5-12(6-4-11)24(25)26)17-10-15(18(19,20)21)14-9-13(27-2)7-8-16(14)22-17/h3-10H,1-2H3. The number of nitrogens with zero attached hydrogens (tertiary/aromatic N) is 3. The first-order chi connectivity index (χ1) is 12.7. The van der Waals surface area contributed by atoms with Crippen molar-refractivity contribution in [3.63, 3.8) is 0 Å². The van der Waals surface area contributed by atoms with Crippen molar-refractivity contribution < 1.29 is 22.8 Å². The molecule has 0 saturated carbocycles. The van der Waals surface area contributed by atoms with Crippen LogP contribution in [0.15, 0.2) is 48.5 Å². The summed E-state index contributed by atoms with van der Waals surface area (Å²) in [7, 11) is 2.91. The van der Waals surface area contributed by atoms with E-state index in [-0.39, 0.29) is 22.4 Å². The quantitative estimate of drug-likeness (QED) is 0.476. The summed E-state index contributed by atoms with van der Waals surface area (Å²) in [5.74, 6) is 0.361. The number of pyridine rings is 1. The summed E-state index contributed by atoms with van der Waals surface area (Å²) >= 11 is 0. The molecule has 1 aromatic heterocycles. The molecule has 2 aromatic carbocycles. The Morgan fingerprint density at radius 1 is 1.11 bits per heavy atom. The largest absolute Gasteiger partial charge is 0.497 e. The maximum atomic E-state index is 13.6. The van der Waals surface area contributed by atoms with Gasteiger partial charge in [-0.05, 0) is 36.4 Å². The highest BCUT2D eigenvalue weighted by atomic mass is 19.4. The molecule has 0 N–H and O–H groups in total. The van der Waals surface area contributed by atoms with E-state index in [1.165, 1.54) is 54.5 Å². The lowest BCUT2D eigenvalue weighted by atomic mass is 10.1. The van der Waals surface area contributed by atoms with Crippen LogP contribution >= 0.6 is 0 Å². The van der Waals surface area contributed by atoms with E-state index in [1.807, 2.05) is 0 Å². The third-order valence-electron chi connectivity index (χ3n) is 4.10. The van der Waals surface area contributed by atoms with Gasteiger partial charge in [-0.25, -0.2) is 4.98 Å². The minimum atomic E-state index is -4.58. The number of nitro benzene ring substituents is 1. The van der Waals surface area contributed by atoms with Crippen molar-refractivity contribution in [3.05, 3.63) is 64.2 Å². The van der Waals surface area contributed by atoms with Crippen LogP contribution in [0, 0.1) is 10.1 Å². The lowest BCUT2D eigenvalue weighted by Gasteiger charge is -2.21. The molecule has 0 spiro atoms. The second kappa shape index (κ2) is 6.75. The molecule has 3 rings (SSSR count). The second-order valence-electron chi connectivity index (χ2n) is 5.74. The van der Waals surface area contributed by atoms with Crippen LogP contribution in [0.1, 0.15) is 5.56 Å². The number of aromatic nitrogens is 1. The van der Waals surface area contributed by atoms with Crippen molar-refractivity contribution in [1.82, 2.24) is 4.98 Å². The normalized spacial score (nSPS) is 11.4. The first-order valence-electron chi connectivity index (χ1n) is 7.75. The highest BCUT2D eigenvalue weighted by Gasteiger charge is 2.34. The molecule has 0 aliphatic carbocycles. The molecule has 9 heteroatoms. The molecule has 0 radical (unpaired) electrons. The number of benzene rings is 2. The molecule has 27 heavy (non-hydrogen) atoms. The number of alkyl halides is 3. The van der Waals surface area contributed by atoms with Gasteiger partial charge in [-0.15, -0.1) is 0 Å². The Morgan fingerprint density at radius 3 is 2.33 bits per heavy atom. The van der Waals surface area contributed by atoms with Gasteiger partial charge in [0.15, 0.2) is 0 Å². The predicted octanol–water partition coefficient (Wildman–Crippen LogP) is 4.94. The topological polar surface area (TPSA) is 68.5 Å². The van der Waals surface area contributed by atoms with Crippen molar-refractivity contribution >= 4 is 28.1 Å². The Kier molecular flexibility index (Phi) is 4.61. The van der Waals surface area contributed by atoms with Crippen LogP contribution in [0.4, 0.5) is 30.4 Å². The van der Waals surface area contributed by atoms with Crippen LogP contribution in [0.25, 0.3) is 10.9 Å². The van der Waals surface area contributed by atoms with Crippen LogP contribution in [0.5, 0.6) is 5.75 Å². The Labute approximate surface area is 152 Å². The van der Waals surface area contributed by atoms with Crippen molar-refractivity contribution in [3.8, 4) is 5.75 Å². The van der Waals surface area contributed by atoms with Gasteiger partial charge in [0.1, 0.15) is 11.6 Å².